The van der Waals surface area contributed by atoms with E-state index in [9.17, 15) is 4.39 Å². The molecule has 126 valence electrons. The Labute approximate surface area is 150 Å². The third-order valence-electron chi connectivity index (χ3n) is 4.74. The smallest absolute Gasteiger partial charge is 0.209 e. The first-order valence-electron chi connectivity index (χ1n) is 8.56. The normalized spacial score (nSPS) is 16.0. The average molecular weight is 341 g/mol. The number of rotatable bonds is 2. The van der Waals surface area contributed by atoms with E-state index < -0.39 is 0 Å². The van der Waals surface area contributed by atoms with Gasteiger partial charge in [-0.15, -0.1) is 0 Å². The van der Waals surface area contributed by atoms with Gasteiger partial charge in [0.25, 0.3) is 0 Å². The molecule has 0 spiro atoms. The Bertz CT molecular complexity index is 1110. The Hall–Kier alpha value is -3.40. The van der Waals surface area contributed by atoms with E-state index in [-0.39, 0.29) is 11.9 Å². The molecular formula is C22H16FN3. The highest BCUT2D eigenvalue weighted by Crippen LogP contribution is 2.36. The lowest BCUT2D eigenvalue weighted by molar-refractivity contribution is 0.624. The first-order chi connectivity index (χ1) is 12.8. The zero-order valence-electron chi connectivity index (χ0n) is 13.9. The fraction of sp³-hybridized carbons (Fsp3) is 0.0455. The van der Waals surface area contributed by atoms with Crippen LogP contribution in [0.25, 0.3) is 16.7 Å². The third kappa shape index (κ3) is 2.39. The van der Waals surface area contributed by atoms with Gasteiger partial charge in [0, 0.05) is 5.70 Å². The summed E-state index contributed by atoms with van der Waals surface area (Å²) in [4.78, 5) is 4.76. The summed E-state index contributed by atoms with van der Waals surface area (Å²) in [5.74, 6) is 0.563. The van der Waals surface area contributed by atoms with Crippen molar-refractivity contribution in [2.45, 2.75) is 6.04 Å². The molecule has 26 heavy (non-hydrogen) atoms. The number of benzene rings is 3. The SMILES string of the molecule is Fc1ccc([C@@H]2C=C(c3ccccc3)Nc3nc4ccccc4n32)cc1. The van der Waals surface area contributed by atoms with E-state index in [0.717, 1.165) is 33.8 Å². The summed E-state index contributed by atoms with van der Waals surface area (Å²) in [6.07, 6.45) is 2.17. The zero-order valence-corrected chi connectivity index (χ0v) is 13.9. The van der Waals surface area contributed by atoms with Crippen molar-refractivity contribution < 1.29 is 4.39 Å². The first kappa shape index (κ1) is 14.9. The summed E-state index contributed by atoms with van der Waals surface area (Å²) in [6.45, 7) is 0. The molecule has 1 aliphatic heterocycles. The molecule has 0 unspecified atom stereocenters. The quantitative estimate of drug-likeness (QED) is 0.541. The van der Waals surface area contributed by atoms with Gasteiger partial charge >= 0.3 is 0 Å². The Morgan fingerprint density at radius 1 is 0.846 bits per heavy atom. The molecule has 0 saturated carbocycles. The van der Waals surface area contributed by atoms with Crippen LogP contribution in [0, 0.1) is 5.82 Å². The monoisotopic (exact) mass is 341 g/mol. The van der Waals surface area contributed by atoms with Crippen LogP contribution < -0.4 is 5.32 Å². The molecule has 1 aliphatic rings. The van der Waals surface area contributed by atoms with Crippen molar-refractivity contribution >= 4 is 22.7 Å². The van der Waals surface area contributed by atoms with Gasteiger partial charge < -0.3 is 5.32 Å². The van der Waals surface area contributed by atoms with E-state index in [2.05, 4.69) is 34.2 Å². The van der Waals surface area contributed by atoms with Gasteiger partial charge in [-0.05, 0) is 41.5 Å². The summed E-state index contributed by atoms with van der Waals surface area (Å²) in [7, 11) is 0. The second kappa shape index (κ2) is 5.85. The number of fused-ring (bicyclic) bond motifs is 3. The van der Waals surface area contributed by atoms with Crippen LogP contribution in [0.4, 0.5) is 10.3 Å². The number of aromatic nitrogens is 2. The third-order valence-corrected chi connectivity index (χ3v) is 4.74. The molecule has 1 aromatic heterocycles. The molecule has 1 atom stereocenters. The molecule has 0 radical (unpaired) electrons. The van der Waals surface area contributed by atoms with Gasteiger partial charge in [0.15, 0.2) is 0 Å². The number of hydrogen-bond acceptors (Lipinski definition) is 2. The molecular weight excluding hydrogens is 325 g/mol. The van der Waals surface area contributed by atoms with Crippen molar-refractivity contribution in [3.63, 3.8) is 0 Å². The van der Waals surface area contributed by atoms with E-state index in [0.29, 0.717) is 0 Å². The molecule has 0 saturated heterocycles. The van der Waals surface area contributed by atoms with Gasteiger partial charge in [-0.2, -0.15) is 0 Å². The lowest BCUT2D eigenvalue weighted by Gasteiger charge is -2.26. The van der Waals surface area contributed by atoms with Crippen LogP contribution >= 0.6 is 0 Å². The van der Waals surface area contributed by atoms with Crippen LogP contribution in [0.15, 0.2) is 84.9 Å². The van der Waals surface area contributed by atoms with Crippen LogP contribution in [-0.4, -0.2) is 9.55 Å². The second-order valence-electron chi connectivity index (χ2n) is 6.36. The van der Waals surface area contributed by atoms with Crippen molar-refractivity contribution in [3.8, 4) is 0 Å². The van der Waals surface area contributed by atoms with Crippen LogP contribution in [-0.2, 0) is 0 Å². The summed E-state index contributed by atoms with van der Waals surface area (Å²) in [5, 5.41) is 3.45. The number of nitrogens with zero attached hydrogens (tertiary/aromatic N) is 2. The van der Waals surface area contributed by atoms with Crippen molar-refractivity contribution in [1.29, 1.82) is 0 Å². The van der Waals surface area contributed by atoms with Crippen LogP contribution in [0.1, 0.15) is 17.2 Å². The molecule has 2 heterocycles. The highest BCUT2D eigenvalue weighted by Gasteiger charge is 2.25. The van der Waals surface area contributed by atoms with E-state index in [4.69, 9.17) is 4.98 Å². The molecule has 0 fully saturated rings. The molecule has 4 aromatic rings. The molecule has 1 N–H and O–H groups in total. The van der Waals surface area contributed by atoms with Crippen LogP contribution in [0.3, 0.4) is 0 Å². The predicted octanol–water partition coefficient (Wildman–Crippen LogP) is 5.23. The lowest BCUT2D eigenvalue weighted by atomic mass is 10.0. The van der Waals surface area contributed by atoms with Crippen molar-refractivity contribution in [2.75, 3.05) is 5.32 Å². The maximum absolute atomic E-state index is 13.4. The number of anilines is 1. The number of allylic oxidation sites excluding steroid dienone is 1. The van der Waals surface area contributed by atoms with Gasteiger partial charge in [0.1, 0.15) is 5.82 Å². The van der Waals surface area contributed by atoms with E-state index in [1.54, 1.807) is 0 Å². The second-order valence-corrected chi connectivity index (χ2v) is 6.36. The fourth-order valence-corrected chi connectivity index (χ4v) is 3.50. The molecule has 3 aromatic carbocycles. The number of imidazole rings is 1. The van der Waals surface area contributed by atoms with Crippen LogP contribution in [0.5, 0.6) is 0 Å². The van der Waals surface area contributed by atoms with Gasteiger partial charge in [0.05, 0.1) is 17.1 Å². The standard InChI is InChI=1S/C22H16FN3/c23-17-12-10-16(11-13-17)21-14-19(15-6-2-1-3-7-15)25-22-24-18-8-4-5-9-20(18)26(21)22/h1-14,21H,(H,24,25)/t21-/m0/s1. The molecule has 0 bridgehead atoms. The van der Waals surface area contributed by atoms with Gasteiger partial charge in [0.2, 0.25) is 5.95 Å². The van der Waals surface area contributed by atoms with Crippen LogP contribution in [0.2, 0.25) is 0 Å². The minimum atomic E-state index is -0.231. The summed E-state index contributed by atoms with van der Waals surface area (Å²) < 4.78 is 15.6. The van der Waals surface area contributed by atoms with E-state index in [1.165, 1.54) is 12.1 Å². The summed E-state index contributed by atoms with van der Waals surface area (Å²) in [5.41, 5.74) is 5.10. The number of nitrogens with one attached hydrogen (secondary N) is 1. The molecule has 3 nitrogen and oxygen atoms in total. The van der Waals surface area contributed by atoms with Crippen molar-refractivity contribution in [2.24, 2.45) is 0 Å². The highest BCUT2D eigenvalue weighted by atomic mass is 19.1. The number of hydrogen-bond donors (Lipinski definition) is 1. The van der Waals surface area contributed by atoms with E-state index >= 15 is 0 Å². The van der Waals surface area contributed by atoms with Gasteiger partial charge in [-0.3, -0.25) is 4.57 Å². The fourth-order valence-electron chi connectivity index (χ4n) is 3.50. The van der Waals surface area contributed by atoms with Gasteiger partial charge in [-0.1, -0.05) is 54.6 Å². The first-order valence-corrected chi connectivity index (χ1v) is 8.56. The highest BCUT2D eigenvalue weighted by molar-refractivity contribution is 5.85. The molecule has 4 heteroatoms. The van der Waals surface area contributed by atoms with Crippen molar-refractivity contribution in [1.82, 2.24) is 9.55 Å². The Morgan fingerprint density at radius 3 is 2.38 bits per heavy atom. The molecule has 0 aliphatic carbocycles. The Kier molecular flexibility index (Phi) is 3.35. The van der Waals surface area contributed by atoms with Crippen molar-refractivity contribution in [3.05, 3.63) is 102 Å². The molecule has 5 rings (SSSR count). The maximum Gasteiger partial charge on any atom is 0.209 e. The predicted molar refractivity (Wildman–Crippen MR) is 102 cm³/mol. The minimum absolute atomic E-state index is 0.0607. The molecule has 0 amide bonds. The largest absolute Gasteiger partial charge is 0.325 e. The maximum atomic E-state index is 13.4. The zero-order chi connectivity index (χ0) is 17.5. The topological polar surface area (TPSA) is 29.9 Å². The summed E-state index contributed by atoms with van der Waals surface area (Å²) in [6, 6.07) is 24.9. The Balaban J connectivity index is 1.73. The average Bonchev–Trinajstić information content (AvgIpc) is 3.07. The van der Waals surface area contributed by atoms with Gasteiger partial charge in [-0.25, -0.2) is 9.37 Å². The lowest BCUT2D eigenvalue weighted by Crippen LogP contribution is -2.19. The Morgan fingerprint density at radius 2 is 1.58 bits per heavy atom. The number of halogens is 1. The summed E-state index contributed by atoms with van der Waals surface area (Å²) >= 11 is 0. The van der Waals surface area contributed by atoms with E-state index in [1.807, 2.05) is 48.5 Å². The number of para-hydroxylation sites is 2. The minimum Gasteiger partial charge on any atom is -0.325 e.